The van der Waals surface area contributed by atoms with Gasteiger partial charge in [-0.2, -0.15) is 0 Å². The van der Waals surface area contributed by atoms with E-state index in [9.17, 15) is 9.00 Å². The SMILES string of the molecule is CS(=O)CCCNCC(=O)NC1CCCCCC1. The summed E-state index contributed by atoms with van der Waals surface area (Å²) in [5.41, 5.74) is 0. The molecule has 106 valence electrons. The predicted molar refractivity (Wildman–Crippen MR) is 76.1 cm³/mol. The van der Waals surface area contributed by atoms with Crippen LogP contribution in [0.4, 0.5) is 0 Å². The fourth-order valence-corrected chi connectivity index (χ4v) is 2.86. The molecule has 1 saturated carbocycles. The Balaban J connectivity index is 2.03. The molecule has 1 aliphatic rings. The lowest BCUT2D eigenvalue weighted by Crippen LogP contribution is -2.40. The molecule has 1 aliphatic carbocycles. The van der Waals surface area contributed by atoms with Crippen LogP contribution in [0.25, 0.3) is 0 Å². The number of carbonyl (C=O) groups is 1. The van der Waals surface area contributed by atoms with E-state index in [1.165, 1.54) is 25.7 Å². The second-order valence-corrected chi connectivity index (χ2v) is 6.62. The molecule has 0 aromatic heterocycles. The summed E-state index contributed by atoms with van der Waals surface area (Å²) in [4.78, 5) is 11.7. The molecular formula is C13H26N2O2S. The zero-order valence-corrected chi connectivity index (χ0v) is 12.2. The van der Waals surface area contributed by atoms with Crippen LogP contribution in [-0.4, -0.2) is 41.3 Å². The first-order valence-electron chi connectivity index (χ1n) is 6.98. The molecule has 0 aromatic carbocycles. The third-order valence-electron chi connectivity index (χ3n) is 3.29. The molecule has 1 unspecified atom stereocenters. The molecule has 0 heterocycles. The number of rotatable bonds is 7. The molecule has 0 saturated heterocycles. The number of hydrogen-bond donors (Lipinski definition) is 2. The van der Waals surface area contributed by atoms with Crippen molar-refractivity contribution in [2.75, 3.05) is 25.1 Å². The van der Waals surface area contributed by atoms with Crippen LogP contribution in [0.2, 0.25) is 0 Å². The van der Waals surface area contributed by atoms with Gasteiger partial charge in [0.1, 0.15) is 0 Å². The van der Waals surface area contributed by atoms with Crippen LogP contribution < -0.4 is 10.6 Å². The Morgan fingerprint density at radius 2 is 1.89 bits per heavy atom. The Morgan fingerprint density at radius 1 is 1.22 bits per heavy atom. The second kappa shape index (κ2) is 9.50. The Kier molecular flexibility index (Phi) is 8.25. The lowest BCUT2D eigenvalue weighted by molar-refractivity contribution is -0.121. The van der Waals surface area contributed by atoms with Gasteiger partial charge in [0.2, 0.25) is 5.91 Å². The quantitative estimate of drug-likeness (QED) is 0.541. The van der Waals surface area contributed by atoms with E-state index >= 15 is 0 Å². The first kappa shape index (κ1) is 15.6. The molecule has 1 rings (SSSR count). The molecule has 0 aromatic rings. The van der Waals surface area contributed by atoms with Gasteiger partial charge in [0, 0.05) is 28.9 Å². The van der Waals surface area contributed by atoms with Gasteiger partial charge < -0.3 is 10.6 Å². The highest BCUT2D eigenvalue weighted by molar-refractivity contribution is 7.84. The first-order chi connectivity index (χ1) is 8.68. The van der Waals surface area contributed by atoms with Crippen LogP contribution in [0, 0.1) is 0 Å². The molecule has 0 radical (unpaired) electrons. The zero-order chi connectivity index (χ0) is 13.2. The van der Waals surface area contributed by atoms with Crippen LogP contribution in [0.5, 0.6) is 0 Å². The summed E-state index contributed by atoms with van der Waals surface area (Å²) < 4.78 is 10.8. The average Bonchev–Trinajstić information content (AvgIpc) is 2.56. The van der Waals surface area contributed by atoms with Gasteiger partial charge in [0.15, 0.2) is 0 Å². The lowest BCUT2D eigenvalue weighted by atomic mass is 10.1. The summed E-state index contributed by atoms with van der Waals surface area (Å²) in [5, 5.41) is 6.20. The van der Waals surface area contributed by atoms with Gasteiger partial charge in [0.05, 0.1) is 6.54 Å². The highest BCUT2D eigenvalue weighted by Gasteiger charge is 2.13. The largest absolute Gasteiger partial charge is 0.352 e. The normalized spacial score (nSPS) is 19.2. The predicted octanol–water partition coefficient (Wildman–Crippen LogP) is 1.18. The molecule has 1 atom stereocenters. The number of amides is 1. The summed E-state index contributed by atoms with van der Waals surface area (Å²) in [6, 6.07) is 0.380. The fraction of sp³-hybridized carbons (Fsp3) is 0.923. The van der Waals surface area contributed by atoms with Crippen molar-refractivity contribution >= 4 is 16.7 Å². The van der Waals surface area contributed by atoms with Crippen molar-refractivity contribution in [3.63, 3.8) is 0 Å². The highest BCUT2D eigenvalue weighted by Crippen LogP contribution is 2.16. The molecule has 1 fully saturated rings. The molecule has 0 spiro atoms. The van der Waals surface area contributed by atoms with Gasteiger partial charge in [-0.05, 0) is 25.8 Å². The number of carbonyl (C=O) groups excluding carboxylic acids is 1. The Bertz CT molecular complexity index is 264. The minimum absolute atomic E-state index is 0.0968. The zero-order valence-electron chi connectivity index (χ0n) is 11.4. The maximum atomic E-state index is 11.7. The van der Waals surface area contributed by atoms with Crippen LogP contribution in [0.3, 0.4) is 0 Å². The van der Waals surface area contributed by atoms with Crippen LogP contribution in [0.15, 0.2) is 0 Å². The number of nitrogens with one attached hydrogen (secondary N) is 2. The van der Waals surface area contributed by atoms with Crippen molar-refractivity contribution < 1.29 is 9.00 Å². The first-order valence-corrected chi connectivity index (χ1v) is 8.71. The molecule has 18 heavy (non-hydrogen) atoms. The van der Waals surface area contributed by atoms with E-state index in [2.05, 4.69) is 10.6 Å². The maximum absolute atomic E-state index is 11.7. The molecule has 0 aliphatic heterocycles. The van der Waals surface area contributed by atoms with E-state index in [4.69, 9.17) is 0 Å². The smallest absolute Gasteiger partial charge is 0.234 e. The van der Waals surface area contributed by atoms with Gasteiger partial charge in [-0.25, -0.2) is 0 Å². The summed E-state index contributed by atoms with van der Waals surface area (Å²) in [5.74, 6) is 0.802. The third-order valence-corrected chi connectivity index (χ3v) is 4.15. The molecule has 4 nitrogen and oxygen atoms in total. The van der Waals surface area contributed by atoms with Crippen molar-refractivity contribution in [2.24, 2.45) is 0 Å². The van der Waals surface area contributed by atoms with Gasteiger partial charge >= 0.3 is 0 Å². The van der Waals surface area contributed by atoms with Crippen LogP contribution >= 0.6 is 0 Å². The highest BCUT2D eigenvalue weighted by atomic mass is 32.2. The van der Waals surface area contributed by atoms with Gasteiger partial charge in [-0.1, -0.05) is 25.7 Å². The van der Waals surface area contributed by atoms with Crippen LogP contribution in [0.1, 0.15) is 44.9 Å². The van der Waals surface area contributed by atoms with E-state index in [0.29, 0.717) is 18.3 Å². The molecule has 5 heteroatoms. The minimum Gasteiger partial charge on any atom is -0.352 e. The van der Waals surface area contributed by atoms with Gasteiger partial charge in [-0.3, -0.25) is 9.00 Å². The van der Waals surface area contributed by atoms with E-state index in [1.807, 2.05) is 0 Å². The lowest BCUT2D eigenvalue weighted by Gasteiger charge is -2.16. The monoisotopic (exact) mass is 274 g/mol. The summed E-state index contributed by atoms with van der Waals surface area (Å²) in [6.07, 6.45) is 9.90. The Hall–Kier alpha value is -0.420. The summed E-state index contributed by atoms with van der Waals surface area (Å²) in [6.45, 7) is 1.14. The Labute approximate surface area is 113 Å². The van der Waals surface area contributed by atoms with E-state index in [0.717, 1.165) is 25.8 Å². The van der Waals surface area contributed by atoms with Crippen molar-refractivity contribution in [3.05, 3.63) is 0 Å². The molecule has 0 bridgehead atoms. The molecule has 1 amide bonds. The van der Waals surface area contributed by atoms with Gasteiger partial charge in [-0.15, -0.1) is 0 Å². The Morgan fingerprint density at radius 3 is 2.50 bits per heavy atom. The standard InChI is InChI=1S/C13H26N2O2S/c1-18(17)10-6-9-14-11-13(16)15-12-7-4-2-3-5-8-12/h12,14H,2-11H2,1H3,(H,15,16). The topological polar surface area (TPSA) is 58.2 Å². The van der Waals surface area contributed by atoms with E-state index in [-0.39, 0.29) is 5.91 Å². The fourth-order valence-electron chi connectivity index (χ4n) is 2.30. The third kappa shape index (κ3) is 7.82. The van der Waals surface area contributed by atoms with E-state index in [1.54, 1.807) is 6.26 Å². The maximum Gasteiger partial charge on any atom is 0.234 e. The molecular weight excluding hydrogens is 248 g/mol. The second-order valence-electron chi connectivity index (χ2n) is 5.06. The number of hydrogen-bond acceptors (Lipinski definition) is 3. The van der Waals surface area contributed by atoms with Crippen molar-refractivity contribution in [2.45, 2.75) is 51.0 Å². The van der Waals surface area contributed by atoms with Crippen molar-refractivity contribution in [1.82, 2.24) is 10.6 Å². The molecule has 2 N–H and O–H groups in total. The average molecular weight is 274 g/mol. The van der Waals surface area contributed by atoms with Gasteiger partial charge in [0.25, 0.3) is 0 Å². The summed E-state index contributed by atoms with van der Waals surface area (Å²) >= 11 is 0. The summed E-state index contributed by atoms with van der Waals surface area (Å²) in [7, 11) is -0.728. The minimum atomic E-state index is -0.728. The van der Waals surface area contributed by atoms with E-state index < -0.39 is 10.8 Å². The van der Waals surface area contributed by atoms with Crippen molar-refractivity contribution in [3.8, 4) is 0 Å². The van der Waals surface area contributed by atoms with Crippen LogP contribution in [-0.2, 0) is 15.6 Å². The van der Waals surface area contributed by atoms with Crippen molar-refractivity contribution in [1.29, 1.82) is 0 Å².